The molecule has 152 valence electrons. The van der Waals surface area contributed by atoms with Gasteiger partial charge in [0.05, 0.1) is 16.7 Å². The summed E-state index contributed by atoms with van der Waals surface area (Å²) in [5.74, 6) is -0.980. The van der Waals surface area contributed by atoms with E-state index in [1.165, 1.54) is 0 Å². The highest BCUT2D eigenvalue weighted by Gasteiger charge is 2.15. The molecule has 0 fully saturated rings. The number of aliphatic carboxylic acids is 1. The number of nitrogens with zero attached hydrogens (tertiary/aromatic N) is 3. The van der Waals surface area contributed by atoms with E-state index < -0.39 is 12.0 Å². The zero-order valence-corrected chi connectivity index (χ0v) is 16.6. The lowest BCUT2D eigenvalue weighted by atomic mass is 10.1. The average Bonchev–Trinajstić information content (AvgIpc) is 2.77. The van der Waals surface area contributed by atoms with E-state index in [4.69, 9.17) is 15.8 Å². The summed E-state index contributed by atoms with van der Waals surface area (Å²) in [6.07, 6.45) is 2.24. The van der Waals surface area contributed by atoms with Crippen molar-refractivity contribution < 1.29 is 9.90 Å². The van der Waals surface area contributed by atoms with Gasteiger partial charge in [0.15, 0.2) is 0 Å². The minimum absolute atomic E-state index is 0.365. The van der Waals surface area contributed by atoms with Crippen LogP contribution in [0.25, 0.3) is 21.8 Å². The van der Waals surface area contributed by atoms with E-state index in [9.17, 15) is 4.79 Å². The van der Waals surface area contributed by atoms with Crippen LogP contribution in [0.15, 0.2) is 72.9 Å². The normalized spacial score (nSPS) is 12.5. The molecule has 0 aliphatic carbocycles. The van der Waals surface area contributed by atoms with Crippen LogP contribution in [0.1, 0.15) is 17.7 Å². The number of nitrogens with two attached hydrogens (primary N) is 1. The van der Waals surface area contributed by atoms with E-state index >= 15 is 0 Å². The van der Waals surface area contributed by atoms with Gasteiger partial charge in [-0.05, 0) is 36.2 Å². The molecule has 2 aromatic heterocycles. The minimum atomic E-state index is -0.980. The molecule has 0 radical (unpaired) electrons. The Morgan fingerprint density at radius 3 is 2.50 bits per heavy atom. The van der Waals surface area contributed by atoms with Crippen LogP contribution in [0.4, 0.5) is 0 Å². The van der Waals surface area contributed by atoms with Crippen LogP contribution in [0, 0.1) is 0 Å². The van der Waals surface area contributed by atoms with E-state index in [1.807, 2.05) is 60.8 Å². The van der Waals surface area contributed by atoms with E-state index in [1.54, 1.807) is 0 Å². The van der Waals surface area contributed by atoms with Crippen LogP contribution in [0.3, 0.4) is 0 Å². The molecule has 2 aromatic carbocycles. The minimum Gasteiger partial charge on any atom is -0.480 e. The number of hydrogen-bond donors (Lipinski definition) is 2. The first-order valence-electron chi connectivity index (χ1n) is 9.97. The first-order chi connectivity index (χ1) is 14.6. The molecular weight excluding hydrogens is 376 g/mol. The zero-order valence-electron chi connectivity index (χ0n) is 16.6. The quantitative estimate of drug-likeness (QED) is 0.470. The number of fused-ring (bicyclic) bond motifs is 2. The second-order valence-electron chi connectivity index (χ2n) is 7.48. The highest BCUT2D eigenvalue weighted by atomic mass is 16.4. The summed E-state index contributed by atoms with van der Waals surface area (Å²) < 4.78 is 0. The Kier molecular flexibility index (Phi) is 5.97. The third-order valence-electron chi connectivity index (χ3n) is 5.17. The Morgan fingerprint density at radius 1 is 0.967 bits per heavy atom. The maximum atomic E-state index is 11.2. The van der Waals surface area contributed by atoms with E-state index in [-0.39, 0.29) is 0 Å². The predicted molar refractivity (Wildman–Crippen MR) is 118 cm³/mol. The number of carboxylic acids is 1. The fraction of sp³-hybridized carbons (Fsp3) is 0.208. The molecule has 0 bridgehead atoms. The summed E-state index contributed by atoms with van der Waals surface area (Å²) in [5, 5.41) is 11.3. The Balaban J connectivity index is 1.56. The third kappa shape index (κ3) is 4.79. The molecule has 2 heterocycles. The largest absolute Gasteiger partial charge is 0.480 e. The smallest absolute Gasteiger partial charge is 0.320 e. The van der Waals surface area contributed by atoms with E-state index in [0.29, 0.717) is 26.1 Å². The first-order valence-corrected chi connectivity index (χ1v) is 9.97. The van der Waals surface area contributed by atoms with Gasteiger partial charge in [0.25, 0.3) is 0 Å². The van der Waals surface area contributed by atoms with Crippen molar-refractivity contribution in [1.29, 1.82) is 0 Å². The van der Waals surface area contributed by atoms with Gasteiger partial charge in [0.2, 0.25) is 0 Å². The molecule has 6 nitrogen and oxygen atoms in total. The molecule has 1 atom stereocenters. The number of para-hydroxylation sites is 2. The molecule has 0 aliphatic rings. The molecule has 30 heavy (non-hydrogen) atoms. The maximum absolute atomic E-state index is 11.2. The third-order valence-corrected chi connectivity index (χ3v) is 5.17. The monoisotopic (exact) mass is 400 g/mol. The SMILES string of the molecule is NC(CCN(Cc1cnc2ccccc2c1)Cc1ccc2ccccc2n1)C(=O)O. The molecule has 0 saturated heterocycles. The summed E-state index contributed by atoms with van der Waals surface area (Å²) in [6, 6.07) is 21.3. The van der Waals surface area contributed by atoms with Gasteiger partial charge in [0, 0.05) is 36.6 Å². The van der Waals surface area contributed by atoms with Gasteiger partial charge in [0.1, 0.15) is 6.04 Å². The summed E-state index contributed by atoms with van der Waals surface area (Å²) in [6.45, 7) is 1.79. The van der Waals surface area contributed by atoms with E-state index in [2.05, 4.69) is 22.0 Å². The molecule has 3 N–H and O–H groups in total. The van der Waals surface area contributed by atoms with Crippen molar-refractivity contribution >= 4 is 27.8 Å². The second kappa shape index (κ2) is 8.98. The lowest BCUT2D eigenvalue weighted by Gasteiger charge is -2.23. The van der Waals surface area contributed by atoms with Crippen LogP contribution >= 0.6 is 0 Å². The van der Waals surface area contributed by atoms with Crippen molar-refractivity contribution in [2.24, 2.45) is 5.73 Å². The topological polar surface area (TPSA) is 92.3 Å². The molecule has 6 heteroatoms. The van der Waals surface area contributed by atoms with Crippen molar-refractivity contribution in [1.82, 2.24) is 14.9 Å². The van der Waals surface area contributed by atoms with Gasteiger partial charge >= 0.3 is 5.97 Å². The van der Waals surface area contributed by atoms with Crippen molar-refractivity contribution in [2.45, 2.75) is 25.6 Å². The Hall–Kier alpha value is -3.35. The Morgan fingerprint density at radius 2 is 1.70 bits per heavy atom. The molecule has 0 aliphatic heterocycles. The van der Waals surface area contributed by atoms with Gasteiger partial charge < -0.3 is 10.8 Å². The van der Waals surface area contributed by atoms with Gasteiger partial charge in [-0.2, -0.15) is 0 Å². The zero-order chi connectivity index (χ0) is 20.9. The number of pyridine rings is 2. The molecule has 0 saturated carbocycles. The van der Waals surface area contributed by atoms with Crippen molar-refractivity contribution in [3.8, 4) is 0 Å². The fourth-order valence-corrected chi connectivity index (χ4v) is 3.55. The predicted octanol–water partition coefficient (Wildman–Crippen LogP) is 3.59. The molecule has 0 spiro atoms. The second-order valence-corrected chi connectivity index (χ2v) is 7.48. The van der Waals surface area contributed by atoms with Crippen molar-refractivity contribution in [3.63, 3.8) is 0 Å². The fourth-order valence-electron chi connectivity index (χ4n) is 3.55. The molecular formula is C24H24N4O2. The van der Waals surface area contributed by atoms with E-state index in [0.717, 1.165) is 33.1 Å². The average molecular weight is 400 g/mol. The van der Waals surface area contributed by atoms with Crippen LogP contribution in [-0.2, 0) is 17.9 Å². The summed E-state index contributed by atoms with van der Waals surface area (Å²) >= 11 is 0. The first kappa shape index (κ1) is 19.9. The summed E-state index contributed by atoms with van der Waals surface area (Å²) in [7, 11) is 0. The number of rotatable bonds is 8. The maximum Gasteiger partial charge on any atom is 0.320 e. The lowest BCUT2D eigenvalue weighted by molar-refractivity contribution is -0.138. The van der Waals surface area contributed by atoms with Gasteiger partial charge in [-0.3, -0.25) is 19.7 Å². The number of carboxylic acid groups (broad SMARTS) is 1. The standard InChI is InChI=1S/C24H24N4O2/c25-21(24(29)30)11-12-28(15-17-13-19-6-2-3-7-22(19)26-14-17)16-20-10-9-18-5-1-4-8-23(18)27-20/h1-10,13-14,21H,11-12,15-16,25H2,(H,29,30). The van der Waals surface area contributed by atoms with Crippen molar-refractivity contribution in [3.05, 3.63) is 84.2 Å². The van der Waals surface area contributed by atoms with Crippen LogP contribution < -0.4 is 5.73 Å². The van der Waals surface area contributed by atoms with Gasteiger partial charge in [-0.1, -0.05) is 42.5 Å². The molecule has 4 aromatic rings. The Bertz CT molecular complexity index is 1100. The lowest BCUT2D eigenvalue weighted by Crippen LogP contribution is -2.35. The number of carbonyl (C=O) groups is 1. The molecule has 4 rings (SSSR count). The number of hydrogen-bond acceptors (Lipinski definition) is 5. The molecule has 1 unspecified atom stereocenters. The highest BCUT2D eigenvalue weighted by Crippen LogP contribution is 2.17. The summed E-state index contributed by atoms with van der Waals surface area (Å²) in [4.78, 5) is 22.6. The number of benzene rings is 2. The van der Waals surface area contributed by atoms with Gasteiger partial charge in [-0.15, -0.1) is 0 Å². The van der Waals surface area contributed by atoms with Crippen LogP contribution in [-0.4, -0.2) is 38.5 Å². The van der Waals surface area contributed by atoms with Gasteiger partial charge in [-0.25, -0.2) is 0 Å². The molecule has 0 amide bonds. The van der Waals surface area contributed by atoms with Crippen molar-refractivity contribution in [2.75, 3.05) is 6.54 Å². The van der Waals surface area contributed by atoms with Crippen LogP contribution in [0.2, 0.25) is 0 Å². The number of aromatic nitrogens is 2. The Labute approximate surface area is 175 Å². The highest BCUT2D eigenvalue weighted by molar-refractivity contribution is 5.79. The summed E-state index contributed by atoms with van der Waals surface area (Å²) in [5.41, 5.74) is 9.65. The van der Waals surface area contributed by atoms with Crippen LogP contribution in [0.5, 0.6) is 0 Å².